The monoisotopic (exact) mass is 389 g/mol. The highest BCUT2D eigenvalue weighted by atomic mass is 16.7. The van der Waals surface area contributed by atoms with Gasteiger partial charge in [0.1, 0.15) is 12.1 Å². The number of urea groups is 1. The number of rotatable bonds is 8. The molecule has 0 unspecified atom stereocenters. The van der Waals surface area contributed by atoms with Crippen molar-refractivity contribution >= 4 is 17.8 Å². The molecule has 152 valence electrons. The Balaban J connectivity index is 1.65. The van der Waals surface area contributed by atoms with Crippen LogP contribution in [0.25, 0.3) is 0 Å². The molecule has 3 rings (SSSR count). The SMILES string of the molecule is CCCCC[C@H](C)NC(=O)CN1C(=O)N[C@](C)(c2ccc3c(c2)OCO3)C1=O. The molecule has 2 atom stereocenters. The number of nitrogens with one attached hydrogen (secondary N) is 2. The number of carbonyl (C=O) groups excluding carboxylic acids is 3. The van der Waals surface area contributed by atoms with Crippen molar-refractivity contribution in [1.82, 2.24) is 15.5 Å². The summed E-state index contributed by atoms with van der Waals surface area (Å²) < 4.78 is 10.6. The molecule has 1 aromatic rings. The molecule has 8 heteroatoms. The van der Waals surface area contributed by atoms with E-state index in [0.29, 0.717) is 17.1 Å². The van der Waals surface area contributed by atoms with Gasteiger partial charge < -0.3 is 20.1 Å². The van der Waals surface area contributed by atoms with E-state index in [1.807, 2.05) is 6.92 Å². The summed E-state index contributed by atoms with van der Waals surface area (Å²) in [5, 5.41) is 5.56. The van der Waals surface area contributed by atoms with Gasteiger partial charge in [0.25, 0.3) is 5.91 Å². The van der Waals surface area contributed by atoms with Gasteiger partial charge in [0.2, 0.25) is 12.7 Å². The van der Waals surface area contributed by atoms with Crippen molar-refractivity contribution in [2.24, 2.45) is 0 Å². The number of benzene rings is 1. The molecule has 8 nitrogen and oxygen atoms in total. The van der Waals surface area contributed by atoms with E-state index in [1.54, 1.807) is 25.1 Å². The van der Waals surface area contributed by atoms with E-state index >= 15 is 0 Å². The topological polar surface area (TPSA) is 97.0 Å². The maximum Gasteiger partial charge on any atom is 0.325 e. The molecule has 0 aromatic heterocycles. The molecule has 1 saturated heterocycles. The van der Waals surface area contributed by atoms with Gasteiger partial charge >= 0.3 is 6.03 Å². The predicted molar refractivity (Wildman–Crippen MR) is 102 cm³/mol. The summed E-state index contributed by atoms with van der Waals surface area (Å²) in [6.45, 7) is 5.49. The zero-order valence-corrected chi connectivity index (χ0v) is 16.5. The Morgan fingerprint density at radius 3 is 2.79 bits per heavy atom. The number of carbonyl (C=O) groups is 3. The number of amides is 4. The van der Waals surface area contributed by atoms with E-state index in [1.165, 1.54) is 0 Å². The van der Waals surface area contributed by atoms with E-state index in [0.717, 1.165) is 30.6 Å². The minimum atomic E-state index is -1.26. The summed E-state index contributed by atoms with van der Waals surface area (Å²) >= 11 is 0. The van der Waals surface area contributed by atoms with Crippen LogP contribution in [0.2, 0.25) is 0 Å². The number of ether oxygens (including phenoxy) is 2. The molecule has 0 bridgehead atoms. The van der Waals surface area contributed by atoms with Gasteiger partial charge in [-0.2, -0.15) is 0 Å². The average Bonchev–Trinajstić information content (AvgIpc) is 3.20. The molecule has 0 aliphatic carbocycles. The lowest BCUT2D eigenvalue weighted by molar-refractivity contribution is -0.135. The first-order valence-corrected chi connectivity index (χ1v) is 9.68. The number of unbranched alkanes of at least 4 members (excludes halogenated alkanes) is 2. The third-order valence-electron chi connectivity index (χ3n) is 5.17. The molecule has 1 aromatic carbocycles. The van der Waals surface area contributed by atoms with Crippen molar-refractivity contribution in [1.29, 1.82) is 0 Å². The van der Waals surface area contributed by atoms with Gasteiger partial charge in [-0.15, -0.1) is 0 Å². The highest BCUT2D eigenvalue weighted by Gasteiger charge is 2.49. The molecule has 4 amide bonds. The standard InChI is InChI=1S/C20H27N3O5/c1-4-5-6-7-13(2)21-17(24)11-23-18(25)20(3,22-19(23)26)14-8-9-15-16(10-14)28-12-27-15/h8-10,13H,4-7,11-12H2,1-3H3,(H,21,24)(H,22,26)/t13-,20+/m0/s1. The highest BCUT2D eigenvalue weighted by molar-refractivity contribution is 6.09. The summed E-state index contributed by atoms with van der Waals surface area (Å²) in [4.78, 5) is 38.6. The Labute approximate surface area is 164 Å². The van der Waals surface area contributed by atoms with Crippen LogP contribution in [0.15, 0.2) is 18.2 Å². The highest BCUT2D eigenvalue weighted by Crippen LogP contribution is 2.37. The fourth-order valence-electron chi connectivity index (χ4n) is 3.48. The van der Waals surface area contributed by atoms with E-state index in [-0.39, 0.29) is 25.3 Å². The molecular formula is C20H27N3O5. The number of nitrogens with zero attached hydrogens (tertiary/aromatic N) is 1. The van der Waals surface area contributed by atoms with Gasteiger partial charge in [0.15, 0.2) is 11.5 Å². The lowest BCUT2D eigenvalue weighted by atomic mass is 9.91. The fourth-order valence-corrected chi connectivity index (χ4v) is 3.48. The first-order chi connectivity index (χ1) is 13.3. The predicted octanol–water partition coefficient (Wildman–Crippen LogP) is 2.27. The fraction of sp³-hybridized carbons (Fsp3) is 0.550. The Morgan fingerprint density at radius 1 is 1.29 bits per heavy atom. The van der Waals surface area contributed by atoms with Crippen molar-refractivity contribution in [3.63, 3.8) is 0 Å². The second-order valence-electron chi connectivity index (χ2n) is 7.48. The minimum Gasteiger partial charge on any atom is -0.454 e. The second-order valence-corrected chi connectivity index (χ2v) is 7.48. The third-order valence-corrected chi connectivity index (χ3v) is 5.17. The second kappa shape index (κ2) is 8.08. The summed E-state index contributed by atoms with van der Waals surface area (Å²) in [6.07, 6.45) is 4.13. The van der Waals surface area contributed by atoms with Crippen LogP contribution in [0.3, 0.4) is 0 Å². The largest absolute Gasteiger partial charge is 0.454 e. The third kappa shape index (κ3) is 3.90. The smallest absolute Gasteiger partial charge is 0.325 e. The van der Waals surface area contributed by atoms with Crippen molar-refractivity contribution in [3.8, 4) is 11.5 Å². The number of imide groups is 1. The quantitative estimate of drug-likeness (QED) is 0.525. The van der Waals surface area contributed by atoms with Gasteiger partial charge in [-0.1, -0.05) is 32.3 Å². The van der Waals surface area contributed by atoms with Gasteiger partial charge in [0, 0.05) is 6.04 Å². The van der Waals surface area contributed by atoms with Gasteiger partial charge in [-0.05, 0) is 38.0 Å². The zero-order chi connectivity index (χ0) is 20.3. The summed E-state index contributed by atoms with van der Waals surface area (Å²) in [5.41, 5.74) is -0.684. The van der Waals surface area contributed by atoms with Gasteiger partial charge in [-0.25, -0.2) is 4.79 Å². The molecule has 28 heavy (non-hydrogen) atoms. The Bertz CT molecular complexity index is 781. The lowest BCUT2D eigenvalue weighted by Gasteiger charge is -2.22. The molecule has 0 saturated carbocycles. The maximum atomic E-state index is 13.0. The van der Waals surface area contributed by atoms with Crippen LogP contribution in [-0.2, 0) is 15.1 Å². The van der Waals surface area contributed by atoms with Gasteiger partial charge in [0.05, 0.1) is 0 Å². The van der Waals surface area contributed by atoms with Crippen molar-refractivity contribution < 1.29 is 23.9 Å². The van der Waals surface area contributed by atoms with Gasteiger partial charge in [-0.3, -0.25) is 14.5 Å². The Hall–Kier alpha value is -2.77. The van der Waals surface area contributed by atoms with Crippen LogP contribution >= 0.6 is 0 Å². The normalized spacial score (nSPS) is 21.6. The molecule has 0 radical (unpaired) electrons. The van der Waals surface area contributed by atoms with Crippen molar-refractivity contribution in [2.45, 2.75) is 58.0 Å². The average molecular weight is 389 g/mol. The summed E-state index contributed by atoms with van der Waals surface area (Å²) in [7, 11) is 0. The lowest BCUT2D eigenvalue weighted by Crippen LogP contribution is -2.45. The molecule has 2 aliphatic rings. The number of fused-ring (bicyclic) bond motifs is 1. The van der Waals surface area contributed by atoms with E-state index in [2.05, 4.69) is 17.6 Å². The van der Waals surface area contributed by atoms with Crippen molar-refractivity contribution in [2.75, 3.05) is 13.3 Å². The maximum absolute atomic E-state index is 13.0. The summed E-state index contributed by atoms with van der Waals surface area (Å²) in [6, 6.07) is 4.51. The molecular weight excluding hydrogens is 362 g/mol. The van der Waals surface area contributed by atoms with Crippen LogP contribution in [-0.4, -0.2) is 42.1 Å². The summed E-state index contributed by atoms with van der Waals surface area (Å²) in [5.74, 6) is 0.308. The van der Waals surface area contributed by atoms with Crippen LogP contribution in [0.1, 0.15) is 52.0 Å². The number of hydrogen-bond acceptors (Lipinski definition) is 5. The first-order valence-electron chi connectivity index (χ1n) is 9.68. The van der Waals surface area contributed by atoms with Crippen LogP contribution in [0.4, 0.5) is 4.79 Å². The Morgan fingerprint density at radius 2 is 2.04 bits per heavy atom. The number of hydrogen-bond donors (Lipinski definition) is 2. The van der Waals surface area contributed by atoms with Crippen LogP contribution in [0, 0.1) is 0 Å². The van der Waals surface area contributed by atoms with Crippen molar-refractivity contribution in [3.05, 3.63) is 23.8 Å². The minimum absolute atomic E-state index is 0.0000553. The molecule has 0 spiro atoms. The molecule has 2 N–H and O–H groups in total. The molecule has 2 heterocycles. The molecule has 2 aliphatic heterocycles. The van der Waals surface area contributed by atoms with Crippen LogP contribution < -0.4 is 20.1 Å². The van der Waals surface area contributed by atoms with E-state index < -0.39 is 17.5 Å². The first kappa shape index (κ1) is 20.0. The van der Waals surface area contributed by atoms with E-state index in [9.17, 15) is 14.4 Å². The zero-order valence-electron chi connectivity index (χ0n) is 16.5. The molecule has 1 fully saturated rings. The van der Waals surface area contributed by atoms with Crippen LogP contribution in [0.5, 0.6) is 11.5 Å². The Kier molecular flexibility index (Phi) is 5.76. The van der Waals surface area contributed by atoms with E-state index in [4.69, 9.17) is 9.47 Å².